The second-order valence-electron chi connectivity index (χ2n) is 5.98. The van der Waals surface area contributed by atoms with Crippen LogP contribution in [0.2, 0.25) is 0 Å². The highest BCUT2D eigenvalue weighted by molar-refractivity contribution is 5.97. The molecule has 0 fully saturated rings. The largest absolute Gasteiger partial charge is 0.493 e. The Labute approximate surface area is 149 Å². The van der Waals surface area contributed by atoms with Crippen LogP contribution in [0.3, 0.4) is 0 Å². The molecule has 3 aromatic rings. The van der Waals surface area contributed by atoms with Gasteiger partial charge in [0.2, 0.25) is 0 Å². The van der Waals surface area contributed by atoms with Crippen molar-refractivity contribution in [2.75, 3.05) is 19.1 Å². The van der Waals surface area contributed by atoms with E-state index in [1.54, 1.807) is 31.3 Å². The Kier molecular flexibility index (Phi) is 3.84. The molecule has 0 bridgehead atoms. The molecule has 1 aromatic heterocycles. The number of benzene rings is 2. The van der Waals surface area contributed by atoms with E-state index in [0.29, 0.717) is 34.6 Å². The lowest BCUT2D eigenvalue weighted by Crippen LogP contribution is -2.35. The van der Waals surface area contributed by atoms with Crippen LogP contribution in [0.5, 0.6) is 11.5 Å². The first-order chi connectivity index (χ1) is 12.6. The maximum Gasteiger partial charge on any atom is 0.327 e. The highest BCUT2D eigenvalue weighted by Crippen LogP contribution is 2.42. The molecule has 0 spiro atoms. The maximum absolute atomic E-state index is 11.9. The lowest BCUT2D eigenvalue weighted by Gasteiger charge is -2.25. The number of carbonyl (C=O) groups is 1. The van der Waals surface area contributed by atoms with Gasteiger partial charge >= 0.3 is 5.97 Å². The number of carboxylic acids is 1. The minimum absolute atomic E-state index is 0.421. The zero-order valence-corrected chi connectivity index (χ0v) is 14.3. The number of rotatable bonds is 4. The van der Waals surface area contributed by atoms with E-state index in [1.165, 1.54) is 6.33 Å². The Morgan fingerprint density at radius 3 is 2.62 bits per heavy atom. The van der Waals surface area contributed by atoms with Crippen LogP contribution in [0, 0.1) is 0 Å². The normalized spacial score (nSPS) is 15.8. The van der Waals surface area contributed by atoms with Crippen LogP contribution in [-0.2, 0) is 11.2 Å². The van der Waals surface area contributed by atoms with Gasteiger partial charge in [-0.2, -0.15) is 0 Å². The molecule has 1 aliphatic rings. The zero-order valence-electron chi connectivity index (χ0n) is 14.3. The average Bonchev–Trinajstić information content (AvgIpc) is 3.06. The molecular formula is C19H17N3O4. The van der Waals surface area contributed by atoms with E-state index >= 15 is 0 Å². The summed E-state index contributed by atoms with van der Waals surface area (Å²) in [5, 5.41) is 10.4. The molecule has 1 N–H and O–H groups in total. The van der Waals surface area contributed by atoms with E-state index in [-0.39, 0.29) is 0 Å². The highest BCUT2D eigenvalue weighted by Gasteiger charge is 2.37. The van der Waals surface area contributed by atoms with Crippen molar-refractivity contribution in [3.05, 3.63) is 48.3 Å². The number of hydrogen-bond donors (Lipinski definition) is 1. The fraction of sp³-hybridized carbons (Fsp3) is 0.211. The van der Waals surface area contributed by atoms with Gasteiger partial charge in [-0.3, -0.25) is 0 Å². The van der Waals surface area contributed by atoms with Crippen LogP contribution in [0.25, 0.3) is 10.9 Å². The molecule has 0 saturated carbocycles. The van der Waals surface area contributed by atoms with Gasteiger partial charge in [-0.1, -0.05) is 18.2 Å². The number of methoxy groups -OCH3 is 2. The molecule has 4 rings (SSSR count). The minimum Gasteiger partial charge on any atom is -0.493 e. The Balaban J connectivity index is 1.96. The Bertz CT molecular complexity index is 1010. The first kappa shape index (κ1) is 16.1. The number of aromatic nitrogens is 2. The smallest absolute Gasteiger partial charge is 0.327 e. The predicted molar refractivity (Wildman–Crippen MR) is 96.4 cm³/mol. The summed E-state index contributed by atoms with van der Waals surface area (Å²) >= 11 is 0. The lowest BCUT2D eigenvalue weighted by atomic mass is 10.1. The van der Waals surface area contributed by atoms with Gasteiger partial charge in [0.15, 0.2) is 11.5 Å². The summed E-state index contributed by atoms with van der Waals surface area (Å²) in [4.78, 5) is 22.4. The number of hydrogen-bond acceptors (Lipinski definition) is 6. The number of anilines is 2. The van der Waals surface area contributed by atoms with Crippen molar-refractivity contribution < 1.29 is 19.4 Å². The average molecular weight is 351 g/mol. The molecule has 0 radical (unpaired) electrons. The van der Waals surface area contributed by atoms with E-state index in [4.69, 9.17) is 9.47 Å². The van der Waals surface area contributed by atoms with Crippen LogP contribution < -0.4 is 14.4 Å². The van der Waals surface area contributed by atoms with Crippen molar-refractivity contribution in [1.82, 2.24) is 9.97 Å². The van der Waals surface area contributed by atoms with Gasteiger partial charge in [0.25, 0.3) is 0 Å². The second kappa shape index (κ2) is 6.18. The lowest BCUT2D eigenvalue weighted by molar-refractivity contribution is -0.138. The van der Waals surface area contributed by atoms with Crippen LogP contribution in [-0.4, -0.2) is 41.3 Å². The van der Waals surface area contributed by atoms with E-state index in [2.05, 4.69) is 9.97 Å². The van der Waals surface area contributed by atoms with Gasteiger partial charge in [0.1, 0.15) is 18.2 Å². The Morgan fingerprint density at radius 2 is 1.88 bits per heavy atom. The summed E-state index contributed by atoms with van der Waals surface area (Å²) in [6.07, 6.45) is 1.85. The fourth-order valence-corrected chi connectivity index (χ4v) is 3.41. The molecule has 2 aromatic carbocycles. The third kappa shape index (κ3) is 2.40. The summed E-state index contributed by atoms with van der Waals surface area (Å²) in [7, 11) is 3.11. The maximum atomic E-state index is 11.9. The van der Waals surface area contributed by atoms with Gasteiger partial charge in [-0.25, -0.2) is 14.8 Å². The molecule has 132 valence electrons. The number of aliphatic carboxylic acids is 1. The quantitative estimate of drug-likeness (QED) is 0.773. The van der Waals surface area contributed by atoms with Crippen molar-refractivity contribution >= 4 is 28.4 Å². The van der Waals surface area contributed by atoms with Gasteiger partial charge in [0, 0.05) is 23.6 Å². The SMILES string of the molecule is COc1cc2ncnc(N3c4ccccc4CC3C(=O)O)c2cc1OC. The second-order valence-corrected chi connectivity index (χ2v) is 5.98. The first-order valence-electron chi connectivity index (χ1n) is 8.10. The zero-order chi connectivity index (χ0) is 18.3. The van der Waals surface area contributed by atoms with E-state index < -0.39 is 12.0 Å². The molecule has 7 heteroatoms. The molecule has 1 unspecified atom stereocenters. The minimum atomic E-state index is -0.895. The van der Waals surface area contributed by atoms with E-state index in [9.17, 15) is 9.90 Å². The molecule has 26 heavy (non-hydrogen) atoms. The van der Waals surface area contributed by atoms with E-state index in [1.807, 2.05) is 24.3 Å². The summed E-state index contributed by atoms with van der Waals surface area (Å²) in [6, 6.07) is 10.5. The number of nitrogens with zero attached hydrogens (tertiary/aromatic N) is 3. The van der Waals surface area contributed by atoms with Crippen molar-refractivity contribution in [2.24, 2.45) is 0 Å². The van der Waals surface area contributed by atoms with Gasteiger partial charge in [-0.15, -0.1) is 0 Å². The number of fused-ring (bicyclic) bond motifs is 2. The molecule has 0 amide bonds. The van der Waals surface area contributed by atoms with Crippen molar-refractivity contribution in [3.63, 3.8) is 0 Å². The molecular weight excluding hydrogens is 334 g/mol. The third-order valence-corrected chi connectivity index (χ3v) is 4.61. The van der Waals surface area contributed by atoms with E-state index in [0.717, 1.165) is 11.3 Å². The van der Waals surface area contributed by atoms with Crippen molar-refractivity contribution in [3.8, 4) is 11.5 Å². The highest BCUT2D eigenvalue weighted by atomic mass is 16.5. The summed E-state index contributed by atoms with van der Waals surface area (Å²) in [5.41, 5.74) is 2.47. The number of ether oxygens (including phenoxy) is 2. The monoisotopic (exact) mass is 351 g/mol. The third-order valence-electron chi connectivity index (χ3n) is 4.61. The van der Waals surface area contributed by atoms with Crippen LogP contribution in [0.4, 0.5) is 11.5 Å². The summed E-state index contributed by atoms with van der Waals surface area (Å²) in [6.45, 7) is 0. The molecule has 1 atom stereocenters. The van der Waals surface area contributed by atoms with Crippen LogP contribution in [0.15, 0.2) is 42.7 Å². The van der Waals surface area contributed by atoms with Crippen molar-refractivity contribution in [2.45, 2.75) is 12.5 Å². The van der Waals surface area contributed by atoms with Gasteiger partial charge in [-0.05, 0) is 17.7 Å². The number of carboxylic acid groups (broad SMARTS) is 1. The van der Waals surface area contributed by atoms with Crippen molar-refractivity contribution in [1.29, 1.82) is 0 Å². The van der Waals surface area contributed by atoms with Gasteiger partial charge < -0.3 is 19.5 Å². The molecule has 1 aliphatic heterocycles. The van der Waals surface area contributed by atoms with Crippen LogP contribution in [0.1, 0.15) is 5.56 Å². The summed E-state index contributed by atoms with van der Waals surface area (Å²) in [5.74, 6) is 0.735. The predicted octanol–water partition coefficient (Wildman–Crippen LogP) is 2.79. The molecule has 7 nitrogen and oxygen atoms in total. The molecule has 0 saturated heterocycles. The molecule has 0 aliphatic carbocycles. The van der Waals surface area contributed by atoms with Crippen LogP contribution >= 0.6 is 0 Å². The fourth-order valence-electron chi connectivity index (χ4n) is 3.41. The summed E-state index contributed by atoms with van der Waals surface area (Å²) < 4.78 is 10.7. The number of para-hydroxylation sites is 1. The first-order valence-corrected chi connectivity index (χ1v) is 8.10. The standard InChI is InChI=1S/C19H17N3O4/c1-25-16-8-12-13(9-17(16)26-2)20-10-21-18(12)22-14-6-4-3-5-11(14)7-15(22)19(23)24/h3-6,8-10,15H,7H2,1-2H3,(H,23,24). The van der Waals surface area contributed by atoms with Gasteiger partial charge in [0.05, 0.1) is 19.7 Å². The Hall–Kier alpha value is -3.35. The molecule has 2 heterocycles. The topological polar surface area (TPSA) is 84.8 Å². The Morgan fingerprint density at radius 1 is 1.15 bits per heavy atom.